The van der Waals surface area contributed by atoms with Gasteiger partial charge in [0.1, 0.15) is 5.83 Å². The molecule has 1 rings (SSSR count). The molecule has 0 aromatic carbocycles. The van der Waals surface area contributed by atoms with Crippen molar-refractivity contribution in [3.63, 3.8) is 0 Å². The van der Waals surface area contributed by atoms with Gasteiger partial charge in [0.15, 0.2) is 5.83 Å². The third-order valence-electron chi connectivity index (χ3n) is 2.11. The third-order valence-corrected chi connectivity index (χ3v) is 2.11. The van der Waals surface area contributed by atoms with Crippen LogP contribution in [-0.2, 0) is 4.79 Å². The standard InChI is InChI=1S/C10H11F4NO2/c11-6-4-7(8(12)10(13,14)5-6)9(17)15-2-1-3-16/h4,16H,1-3,5H2,(H,15,17). The molecule has 0 aromatic heterocycles. The van der Waals surface area contributed by atoms with Crippen molar-refractivity contribution in [1.82, 2.24) is 5.32 Å². The summed E-state index contributed by atoms with van der Waals surface area (Å²) < 4.78 is 51.8. The molecular weight excluding hydrogens is 242 g/mol. The highest BCUT2D eigenvalue weighted by Crippen LogP contribution is 2.38. The van der Waals surface area contributed by atoms with Gasteiger partial charge >= 0.3 is 5.92 Å². The highest BCUT2D eigenvalue weighted by atomic mass is 19.3. The van der Waals surface area contributed by atoms with E-state index in [-0.39, 0.29) is 19.6 Å². The van der Waals surface area contributed by atoms with Gasteiger partial charge in [0.25, 0.3) is 5.91 Å². The predicted molar refractivity (Wildman–Crippen MR) is 51.6 cm³/mol. The number of allylic oxidation sites excluding steroid dienone is 2. The molecule has 96 valence electrons. The van der Waals surface area contributed by atoms with Gasteiger partial charge in [-0.1, -0.05) is 0 Å². The Labute approximate surface area is 94.8 Å². The molecule has 0 fully saturated rings. The molecule has 0 aromatic rings. The Morgan fingerprint density at radius 2 is 2.12 bits per heavy atom. The Kier molecular flexibility index (Phi) is 4.28. The van der Waals surface area contributed by atoms with Gasteiger partial charge in [-0.25, -0.2) is 8.78 Å². The fourth-order valence-corrected chi connectivity index (χ4v) is 1.30. The van der Waals surface area contributed by atoms with E-state index in [2.05, 4.69) is 5.32 Å². The van der Waals surface area contributed by atoms with E-state index in [9.17, 15) is 22.4 Å². The normalized spacial score (nSPS) is 19.0. The van der Waals surface area contributed by atoms with E-state index in [4.69, 9.17) is 5.11 Å². The second kappa shape index (κ2) is 5.31. The Morgan fingerprint density at radius 3 is 2.71 bits per heavy atom. The average Bonchev–Trinajstić information content (AvgIpc) is 2.23. The van der Waals surface area contributed by atoms with Crippen LogP contribution < -0.4 is 5.32 Å². The molecule has 2 N–H and O–H groups in total. The van der Waals surface area contributed by atoms with Crippen molar-refractivity contribution in [3.8, 4) is 0 Å². The van der Waals surface area contributed by atoms with E-state index in [0.717, 1.165) is 0 Å². The highest BCUT2D eigenvalue weighted by molar-refractivity contribution is 5.97. The minimum atomic E-state index is -3.98. The Balaban J connectivity index is 2.83. The highest BCUT2D eigenvalue weighted by Gasteiger charge is 2.42. The first-order chi connectivity index (χ1) is 7.88. The summed E-state index contributed by atoms with van der Waals surface area (Å²) in [5.41, 5.74) is -1.00. The molecule has 0 saturated carbocycles. The van der Waals surface area contributed by atoms with Crippen molar-refractivity contribution in [2.24, 2.45) is 0 Å². The van der Waals surface area contributed by atoms with E-state index in [1.165, 1.54) is 0 Å². The molecular formula is C10H11F4NO2. The molecule has 1 aliphatic carbocycles. The van der Waals surface area contributed by atoms with Crippen LogP contribution in [0.1, 0.15) is 12.8 Å². The van der Waals surface area contributed by atoms with Crippen molar-refractivity contribution in [2.75, 3.05) is 13.2 Å². The third kappa shape index (κ3) is 3.29. The summed E-state index contributed by atoms with van der Waals surface area (Å²) in [7, 11) is 0. The minimum absolute atomic E-state index is 0.00680. The van der Waals surface area contributed by atoms with E-state index >= 15 is 0 Å². The second-order valence-electron chi connectivity index (χ2n) is 3.53. The molecule has 17 heavy (non-hydrogen) atoms. The van der Waals surface area contributed by atoms with Crippen molar-refractivity contribution in [3.05, 3.63) is 23.3 Å². The number of nitrogens with one attached hydrogen (secondary N) is 1. The topological polar surface area (TPSA) is 49.3 Å². The molecule has 3 nitrogen and oxygen atoms in total. The zero-order chi connectivity index (χ0) is 13.1. The second-order valence-corrected chi connectivity index (χ2v) is 3.53. The summed E-state index contributed by atoms with van der Waals surface area (Å²) in [5.74, 6) is -8.28. The van der Waals surface area contributed by atoms with E-state index in [1.807, 2.05) is 0 Å². The number of rotatable bonds is 4. The van der Waals surface area contributed by atoms with Gasteiger partial charge in [-0.15, -0.1) is 0 Å². The van der Waals surface area contributed by atoms with Crippen LogP contribution >= 0.6 is 0 Å². The zero-order valence-corrected chi connectivity index (χ0v) is 8.77. The summed E-state index contributed by atoms with van der Waals surface area (Å²) >= 11 is 0. The maximum atomic E-state index is 13.2. The minimum Gasteiger partial charge on any atom is -0.396 e. The maximum absolute atomic E-state index is 13.2. The van der Waals surface area contributed by atoms with Gasteiger partial charge in [-0.05, 0) is 12.5 Å². The lowest BCUT2D eigenvalue weighted by Crippen LogP contribution is -2.31. The van der Waals surface area contributed by atoms with E-state index in [0.29, 0.717) is 6.08 Å². The lowest BCUT2D eigenvalue weighted by Gasteiger charge is -2.19. The smallest absolute Gasteiger partial charge is 0.305 e. The molecule has 0 aliphatic heterocycles. The number of hydrogen-bond donors (Lipinski definition) is 2. The molecule has 7 heteroatoms. The fraction of sp³-hybridized carbons (Fsp3) is 0.500. The summed E-state index contributed by atoms with van der Waals surface area (Å²) in [6, 6.07) is 0. The molecule has 0 radical (unpaired) electrons. The lowest BCUT2D eigenvalue weighted by molar-refractivity contribution is -0.117. The largest absolute Gasteiger partial charge is 0.396 e. The SMILES string of the molecule is O=C(NCCCO)C1=C(F)C(F)(F)CC(F)=C1. The van der Waals surface area contributed by atoms with Crippen LogP contribution in [0.5, 0.6) is 0 Å². The summed E-state index contributed by atoms with van der Waals surface area (Å²) in [4.78, 5) is 11.3. The molecule has 1 aliphatic rings. The van der Waals surface area contributed by atoms with Crippen molar-refractivity contribution in [2.45, 2.75) is 18.8 Å². The van der Waals surface area contributed by atoms with Crippen LogP contribution in [0.2, 0.25) is 0 Å². The van der Waals surface area contributed by atoms with Gasteiger partial charge in [0.05, 0.1) is 12.0 Å². The van der Waals surface area contributed by atoms with Crippen molar-refractivity contribution >= 4 is 5.91 Å². The quantitative estimate of drug-likeness (QED) is 0.590. The van der Waals surface area contributed by atoms with Crippen LogP contribution in [0.15, 0.2) is 23.3 Å². The van der Waals surface area contributed by atoms with E-state index in [1.54, 1.807) is 0 Å². The first kappa shape index (κ1) is 13.7. The van der Waals surface area contributed by atoms with Crippen LogP contribution in [0, 0.1) is 0 Å². The number of amides is 1. The summed E-state index contributed by atoms with van der Waals surface area (Å²) in [6.07, 6.45) is -0.712. The Bertz CT molecular complexity index is 377. The molecule has 0 bridgehead atoms. The Hall–Kier alpha value is -1.37. The van der Waals surface area contributed by atoms with Gasteiger partial charge in [-0.2, -0.15) is 8.78 Å². The number of carbonyl (C=O) groups excluding carboxylic acids is 1. The summed E-state index contributed by atoms with van der Waals surface area (Å²) in [6.45, 7) is -0.213. The number of halogens is 4. The molecule has 0 spiro atoms. The average molecular weight is 253 g/mol. The molecule has 0 heterocycles. The number of alkyl halides is 2. The lowest BCUT2D eigenvalue weighted by atomic mass is 10.0. The number of aliphatic hydroxyl groups excluding tert-OH is 1. The summed E-state index contributed by atoms with van der Waals surface area (Å²) in [5, 5.41) is 10.5. The van der Waals surface area contributed by atoms with Gasteiger partial charge in [0, 0.05) is 13.2 Å². The number of hydrogen-bond acceptors (Lipinski definition) is 2. The van der Waals surface area contributed by atoms with Crippen LogP contribution in [0.4, 0.5) is 17.6 Å². The van der Waals surface area contributed by atoms with Crippen LogP contribution in [-0.4, -0.2) is 30.1 Å². The van der Waals surface area contributed by atoms with Gasteiger partial charge in [0.2, 0.25) is 0 Å². The molecule has 0 atom stereocenters. The van der Waals surface area contributed by atoms with Crippen molar-refractivity contribution in [1.29, 1.82) is 0 Å². The monoisotopic (exact) mass is 253 g/mol. The van der Waals surface area contributed by atoms with Crippen LogP contribution in [0.3, 0.4) is 0 Å². The molecule has 1 amide bonds. The Morgan fingerprint density at radius 1 is 1.47 bits per heavy atom. The van der Waals surface area contributed by atoms with Gasteiger partial charge in [-0.3, -0.25) is 4.79 Å². The van der Waals surface area contributed by atoms with Crippen LogP contribution in [0.25, 0.3) is 0 Å². The number of carbonyl (C=O) groups is 1. The maximum Gasteiger partial charge on any atom is 0.305 e. The molecule has 0 unspecified atom stereocenters. The number of aliphatic hydroxyl groups is 1. The van der Waals surface area contributed by atoms with Crippen molar-refractivity contribution < 1.29 is 27.5 Å². The zero-order valence-electron chi connectivity index (χ0n) is 8.77. The first-order valence-corrected chi connectivity index (χ1v) is 4.91. The predicted octanol–water partition coefficient (Wildman–Crippen LogP) is 1.60. The molecule has 0 saturated heterocycles. The fourth-order valence-electron chi connectivity index (χ4n) is 1.30. The van der Waals surface area contributed by atoms with Gasteiger partial charge < -0.3 is 10.4 Å². The van der Waals surface area contributed by atoms with E-state index < -0.39 is 35.5 Å². The first-order valence-electron chi connectivity index (χ1n) is 4.91.